The van der Waals surface area contributed by atoms with Crippen LogP contribution in [0.2, 0.25) is 0 Å². The fourth-order valence-electron chi connectivity index (χ4n) is 1.66. The summed E-state index contributed by atoms with van der Waals surface area (Å²) in [4.78, 5) is 15.4. The van der Waals surface area contributed by atoms with Gasteiger partial charge in [0.25, 0.3) is 0 Å². The predicted octanol–water partition coefficient (Wildman–Crippen LogP) is 2.98. The van der Waals surface area contributed by atoms with Crippen molar-refractivity contribution in [3.8, 4) is 17.0 Å². The van der Waals surface area contributed by atoms with Crippen molar-refractivity contribution in [2.24, 2.45) is 0 Å². The predicted molar refractivity (Wildman–Crippen MR) is 65.7 cm³/mol. The Balaban J connectivity index is 2.54. The molecule has 3 nitrogen and oxygen atoms in total. The monoisotopic (exact) mass is 227 g/mol. The number of carbonyl (C=O) groups is 1. The number of rotatable bonds is 2. The van der Waals surface area contributed by atoms with E-state index in [-0.39, 0.29) is 5.97 Å². The molecule has 0 radical (unpaired) electrons. The highest BCUT2D eigenvalue weighted by atomic mass is 16.5. The van der Waals surface area contributed by atoms with Crippen molar-refractivity contribution in [1.82, 2.24) is 4.98 Å². The minimum Gasteiger partial charge on any atom is -0.426 e. The summed E-state index contributed by atoms with van der Waals surface area (Å²) in [6.45, 7) is 3.30. The van der Waals surface area contributed by atoms with Crippen LogP contribution >= 0.6 is 0 Å². The number of aromatic nitrogens is 1. The first-order valence-electron chi connectivity index (χ1n) is 5.38. The summed E-state index contributed by atoms with van der Waals surface area (Å²) in [5.41, 5.74) is 2.55. The molecular weight excluding hydrogens is 214 g/mol. The molecule has 0 spiro atoms. The molecule has 0 saturated heterocycles. The maximum absolute atomic E-state index is 11.1. The lowest BCUT2D eigenvalue weighted by Crippen LogP contribution is -2.04. The second-order valence-corrected chi connectivity index (χ2v) is 3.76. The molecule has 0 aliphatic carbocycles. The van der Waals surface area contributed by atoms with E-state index in [9.17, 15) is 4.79 Å². The topological polar surface area (TPSA) is 39.2 Å². The Labute approximate surface area is 100 Å². The van der Waals surface area contributed by atoms with Crippen molar-refractivity contribution < 1.29 is 9.53 Å². The molecule has 0 aliphatic heterocycles. The summed E-state index contributed by atoms with van der Waals surface area (Å²) in [6.07, 6.45) is 1.72. The zero-order chi connectivity index (χ0) is 12.3. The third kappa shape index (κ3) is 2.50. The first kappa shape index (κ1) is 11.3. The third-order valence-electron chi connectivity index (χ3n) is 2.40. The van der Waals surface area contributed by atoms with Crippen molar-refractivity contribution in [3.63, 3.8) is 0 Å². The highest BCUT2D eigenvalue weighted by molar-refractivity contribution is 5.76. The van der Waals surface area contributed by atoms with E-state index in [2.05, 4.69) is 4.98 Å². The number of hydrogen-bond acceptors (Lipinski definition) is 3. The Morgan fingerprint density at radius 2 is 2.00 bits per heavy atom. The van der Waals surface area contributed by atoms with Crippen LogP contribution in [0.3, 0.4) is 0 Å². The number of pyridine rings is 1. The van der Waals surface area contributed by atoms with Crippen LogP contribution in [0.1, 0.15) is 12.5 Å². The highest BCUT2D eigenvalue weighted by Crippen LogP contribution is 2.31. The summed E-state index contributed by atoms with van der Waals surface area (Å²) in [5.74, 6) is 0.259. The Hall–Kier alpha value is -2.16. The van der Waals surface area contributed by atoms with Gasteiger partial charge in [-0.2, -0.15) is 0 Å². The van der Waals surface area contributed by atoms with Crippen molar-refractivity contribution in [1.29, 1.82) is 0 Å². The molecule has 2 aromatic rings. The van der Waals surface area contributed by atoms with E-state index < -0.39 is 0 Å². The third-order valence-corrected chi connectivity index (χ3v) is 2.40. The molecule has 1 heterocycles. The zero-order valence-electron chi connectivity index (χ0n) is 9.81. The lowest BCUT2D eigenvalue weighted by atomic mass is 10.1. The van der Waals surface area contributed by atoms with Crippen LogP contribution in [0.15, 0.2) is 42.6 Å². The standard InChI is InChI=1S/C14H13NO2/c1-10-6-5-7-12(14(10)17-11(2)16)13-8-3-4-9-15-13/h3-9H,1-2H3. The molecule has 3 heteroatoms. The number of benzene rings is 1. The Morgan fingerprint density at radius 1 is 1.18 bits per heavy atom. The van der Waals surface area contributed by atoms with Crippen molar-refractivity contribution in [3.05, 3.63) is 48.2 Å². The fraction of sp³-hybridized carbons (Fsp3) is 0.143. The number of nitrogens with zero attached hydrogens (tertiary/aromatic N) is 1. The van der Waals surface area contributed by atoms with Gasteiger partial charge in [-0.05, 0) is 30.7 Å². The summed E-state index contributed by atoms with van der Waals surface area (Å²) < 4.78 is 5.25. The van der Waals surface area contributed by atoms with E-state index >= 15 is 0 Å². The van der Waals surface area contributed by atoms with Gasteiger partial charge in [0.1, 0.15) is 5.75 Å². The van der Waals surface area contributed by atoms with Gasteiger partial charge in [-0.1, -0.05) is 18.2 Å². The average Bonchev–Trinajstić information content (AvgIpc) is 2.32. The van der Waals surface area contributed by atoms with Gasteiger partial charge < -0.3 is 4.74 Å². The minimum atomic E-state index is -0.323. The van der Waals surface area contributed by atoms with Gasteiger partial charge in [0.05, 0.1) is 5.69 Å². The largest absolute Gasteiger partial charge is 0.426 e. The van der Waals surface area contributed by atoms with Crippen LogP contribution in [0.25, 0.3) is 11.3 Å². The van der Waals surface area contributed by atoms with E-state index in [0.717, 1.165) is 16.8 Å². The van der Waals surface area contributed by atoms with Crippen molar-refractivity contribution in [2.75, 3.05) is 0 Å². The summed E-state index contributed by atoms with van der Waals surface area (Å²) >= 11 is 0. The van der Waals surface area contributed by atoms with Crippen LogP contribution in [0.4, 0.5) is 0 Å². The van der Waals surface area contributed by atoms with Gasteiger partial charge >= 0.3 is 5.97 Å². The van der Waals surface area contributed by atoms with Gasteiger partial charge in [0, 0.05) is 18.7 Å². The van der Waals surface area contributed by atoms with Crippen LogP contribution in [0, 0.1) is 6.92 Å². The maximum atomic E-state index is 11.1. The van der Waals surface area contributed by atoms with Crippen LogP contribution in [-0.4, -0.2) is 11.0 Å². The lowest BCUT2D eigenvalue weighted by molar-refractivity contribution is -0.131. The smallest absolute Gasteiger partial charge is 0.308 e. The molecule has 0 fully saturated rings. The molecule has 0 atom stereocenters. The normalized spacial score (nSPS) is 10.0. The highest BCUT2D eigenvalue weighted by Gasteiger charge is 2.11. The Bertz CT molecular complexity index is 535. The second-order valence-electron chi connectivity index (χ2n) is 3.76. The first-order valence-corrected chi connectivity index (χ1v) is 5.38. The molecule has 17 heavy (non-hydrogen) atoms. The first-order chi connectivity index (χ1) is 8.18. The van der Waals surface area contributed by atoms with Gasteiger partial charge in [-0.25, -0.2) is 0 Å². The van der Waals surface area contributed by atoms with Gasteiger partial charge in [-0.3, -0.25) is 9.78 Å². The van der Waals surface area contributed by atoms with Gasteiger partial charge in [0.15, 0.2) is 0 Å². The van der Waals surface area contributed by atoms with Crippen molar-refractivity contribution in [2.45, 2.75) is 13.8 Å². The van der Waals surface area contributed by atoms with E-state index in [4.69, 9.17) is 4.74 Å². The Morgan fingerprint density at radius 3 is 2.65 bits per heavy atom. The second kappa shape index (κ2) is 4.78. The maximum Gasteiger partial charge on any atom is 0.308 e. The Kier molecular flexibility index (Phi) is 3.19. The molecule has 0 saturated carbocycles. The average molecular weight is 227 g/mol. The van der Waals surface area contributed by atoms with Crippen LogP contribution in [0.5, 0.6) is 5.75 Å². The minimum absolute atomic E-state index is 0.323. The molecule has 1 aromatic heterocycles. The number of para-hydroxylation sites is 1. The molecular formula is C14H13NO2. The van der Waals surface area contributed by atoms with E-state index in [1.165, 1.54) is 6.92 Å². The van der Waals surface area contributed by atoms with Crippen LogP contribution < -0.4 is 4.74 Å². The quantitative estimate of drug-likeness (QED) is 0.585. The van der Waals surface area contributed by atoms with Gasteiger partial charge in [0.2, 0.25) is 0 Å². The molecule has 1 aromatic carbocycles. The molecule has 0 unspecified atom stereocenters. The van der Waals surface area contributed by atoms with E-state index in [1.54, 1.807) is 6.20 Å². The zero-order valence-corrected chi connectivity index (χ0v) is 9.81. The van der Waals surface area contributed by atoms with E-state index in [0.29, 0.717) is 5.75 Å². The fourth-order valence-corrected chi connectivity index (χ4v) is 1.66. The van der Waals surface area contributed by atoms with E-state index in [1.807, 2.05) is 43.3 Å². The molecule has 2 rings (SSSR count). The number of esters is 1. The number of carbonyl (C=O) groups excluding carboxylic acids is 1. The SMILES string of the molecule is CC(=O)Oc1c(C)cccc1-c1ccccn1. The van der Waals surface area contributed by atoms with Gasteiger partial charge in [-0.15, -0.1) is 0 Å². The molecule has 0 amide bonds. The van der Waals surface area contributed by atoms with Crippen LogP contribution in [-0.2, 0) is 4.79 Å². The number of hydrogen-bond donors (Lipinski definition) is 0. The number of ether oxygens (including phenoxy) is 1. The molecule has 0 N–H and O–H groups in total. The summed E-state index contributed by atoms with van der Waals surface area (Å²) in [5, 5.41) is 0. The summed E-state index contributed by atoms with van der Waals surface area (Å²) in [7, 11) is 0. The number of aryl methyl sites for hydroxylation is 1. The lowest BCUT2D eigenvalue weighted by Gasteiger charge is -2.10. The molecule has 86 valence electrons. The molecule has 0 bridgehead atoms. The summed E-state index contributed by atoms with van der Waals surface area (Å²) in [6, 6.07) is 11.4. The van der Waals surface area contributed by atoms with Crippen molar-refractivity contribution >= 4 is 5.97 Å². The molecule has 0 aliphatic rings.